The molecule has 1 aromatic rings. The number of rotatable bonds is 1. The van der Waals surface area contributed by atoms with Crippen LogP contribution in [0.25, 0.3) is 0 Å². The summed E-state index contributed by atoms with van der Waals surface area (Å²) in [6.07, 6.45) is 0.591. The van der Waals surface area contributed by atoms with Gasteiger partial charge < -0.3 is 10.0 Å². The quantitative estimate of drug-likeness (QED) is 0.856. The van der Waals surface area contributed by atoms with Crippen LogP contribution in [-0.2, 0) is 0 Å². The Bertz CT molecular complexity index is 403. The molecule has 0 amide bonds. The molecule has 1 heterocycles. The van der Waals surface area contributed by atoms with E-state index in [1.807, 2.05) is 0 Å². The van der Waals surface area contributed by atoms with Gasteiger partial charge in [-0.15, -0.1) is 0 Å². The summed E-state index contributed by atoms with van der Waals surface area (Å²) in [6.45, 7) is 7.18. The smallest absolute Gasteiger partial charge is 0.0783 e. The number of nitrogens with zero attached hydrogens (tertiary/aromatic N) is 1. The van der Waals surface area contributed by atoms with E-state index >= 15 is 0 Å². The maximum absolute atomic E-state index is 9.98. The van der Waals surface area contributed by atoms with E-state index in [0.29, 0.717) is 0 Å². The highest BCUT2D eigenvalue weighted by Gasteiger charge is 2.40. The van der Waals surface area contributed by atoms with Crippen molar-refractivity contribution in [3.63, 3.8) is 0 Å². The fourth-order valence-corrected chi connectivity index (χ4v) is 3.04. The molecule has 1 N–H and O–H groups in total. The summed E-state index contributed by atoms with van der Waals surface area (Å²) in [5.74, 6) is 0. The van der Waals surface area contributed by atoms with Crippen molar-refractivity contribution < 1.29 is 5.11 Å². The molecule has 88 valence electrons. The van der Waals surface area contributed by atoms with Gasteiger partial charge in [0.2, 0.25) is 0 Å². The van der Waals surface area contributed by atoms with E-state index in [1.165, 1.54) is 11.3 Å². The molecule has 3 heteroatoms. The molecular formula is C13H18BrNO. The van der Waals surface area contributed by atoms with Gasteiger partial charge in [-0.2, -0.15) is 0 Å². The monoisotopic (exact) mass is 283 g/mol. The number of hydrogen-bond donors (Lipinski definition) is 1. The van der Waals surface area contributed by atoms with Crippen LogP contribution in [-0.4, -0.2) is 23.3 Å². The Morgan fingerprint density at radius 3 is 2.62 bits per heavy atom. The normalized spacial score (nSPS) is 23.8. The predicted molar refractivity (Wildman–Crippen MR) is 70.9 cm³/mol. The largest absolute Gasteiger partial charge is 0.391 e. The average molecular weight is 284 g/mol. The van der Waals surface area contributed by atoms with Crippen LogP contribution in [0.5, 0.6) is 0 Å². The number of halogens is 1. The molecule has 0 aliphatic carbocycles. The van der Waals surface area contributed by atoms with Crippen molar-refractivity contribution in [3.05, 3.63) is 28.2 Å². The van der Waals surface area contributed by atoms with Gasteiger partial charge in [0.05, 0.1) is 17.3 Å². The second-order valence-electron chi connectivity index (χ2n) is 5.06. The summed E-state index contributed by atoms with van der Waals surface area (Å²) < 4.78 is 1.11. The molecule has 1 aliphatic rings. The lowest BCUT2D eigenvalue weighted by Gasteiger charge is -2.36. The number of aryl methyl sites for hydroxylation is 1. The van der Waals surface area contributed by atoms with Gasteiger partial charge in [0.25, 0.3) is 0 Å². The zero-order valence-electron chi connectivity index (χ0n) is 10.00. The van der Waals surface area contributed by atoms with Crippen LogP contribution < -0.4 is 4.90 Å². The lowest BCUT2D eigenvalue weighted by atomic mass is 9.98. The molecule has 0 radical (unpaired) electrons. The topological polar surface area (TPSA) is 23.5 Å². The minimum atomic E-state index is -0.249. The van der Waals surface area contributed by atoms with Crippen LogP contribution in [0.2, 0.25) is 0 Å². The Morgan fingerprint density at radius 1 is 1.44 bits per heavy atom. The standard InChI is InChI=1S/C13H18BrNO/c1-9-4-5-11(10(14)8-9)15-7-6-12(16)13(15,2)3/h4-5,8,12,16H,6-7H2,1-3H3. The molecule has 2 nitrogen and oxygen atoms in total. The van der Waals surface area contributed by atoms with Crippen LogP contribution in [0.3, 0.4) is 0 Å². The predicted octanol–water partition coefficient (Wildman–Crippen LogP) is 3.11. The van der Waals surface area contributed by atoms with Crippen LogP contribution in [0.15, 0.2) is 22.7 Å². The first kappa shape index (κ1) is 11.9. The Labute approximate surface area is 105 Å². The van der Waals surface area contributed by atoms with Gasteiger partial charge in [-0.1, -0.05) is 6.07 Å². The molecule has 2 rings (SSSR count). The summed E-state index contributed by atoms with van der Waals surface area (Å²) in [5, 5.41) is 9.98. The van der Waals surface area contributed by atoms with Crippen molar-refractivity contribution in [1.82, 2.24) is 0 Å². The van der Waals surface area contributed by atoms with E-state index in [4.69, 9.17) is 0 Å². The van der Waals surface area contributed by atoms with E-state index < -0.39 is 0 Å². The molecule has 1 unspecified atom stereocenters. The molecule has 1 fully saturated rings. The molecule has 1 saturated heterocycles. The van der Waals surface area contributed by atoms with E-state index in [0.717, 1.165) is 17.4 Å². The van der Waals surface area contributed by atoms with Gasteiger partial charge in [0.1, 0.15) is 0 Å². The molecule has 1 aliphatic heterocycles. The minimum Gasteiger partial charge on any atom is -0.391 e. The highest BCUT2D eigenvalue weighted by molar-refractivity contribution is 9.10. The van der Waals surface area contributed by atoms with Gasteiger partial charge in [-0.05, 0) is 60.8 Å². The highest BCUT2D eigenvalue weighted by Crippen LogP contribution is 2.38. The van der Waals surface area contributed by atoms with Gasteiger partial charge >= 0.3 is 0 Å². The van der Waals surface area contributed by atoms with Crippen molar-refractivity contribution in [1.29, 1.82) is 0 Å². The number of anilines is 1. The second kappa shape index (κ2) is 4.04. The third-order valence-electron chi connectivity index (χ3n) is 3.53. The highest BCUT2D eigenvalue weighted by atomic mass is 79.9. The number of aliphatic hydroxyl groups is 1. The van der Waals surface area contributed by atoms with Crippen molar-refractivity contribution in [2.75, 3.05) is 11.4 Å². The van der Waals surface area contributed by atoms with Crippen LogP contribution in [0.1, 0.15) is 25.8 Å². The maximum Gasteiger partial charge on any atom is 0.0783 e. The molecule has 0 spiro atoms. The summed E-state index contributed by atoms with van der Waals surface area (Å²) in [7, 11) is 0. The summed E-state index contributed by atoms with van der Waals surface area (Å²) >= 11 is 3.61. The van der Waals surface area contributed by atoms with Crippen molar-refractivity contribution in [3.8, 4) is 0 Å². The zero-order chi connectivity index (χ0) is 11.9. The number of benzene rings is 1. The minimum absolute atomic E-state index is 0.183. The first-order chi connectivity index (χ1) is 7.43. The summed E-state index contributed by atoms with van der Waals surface area (Å²) in [5.41, 5.74) is 2.23. The Balaban J connectivity index is 2.38. The van der Waals surface area contributed by atoms with Gasteiger partial charge in [0, 0.05) is 11.0 Å². The lowest BCUT2D eigenvalue weighted by Crippen LogP contribution is -2.45. The first-order valence-corrected chi connectivity index (χ1v) is 6.44. The first-order valence-electron chi connectivity index (χ1n) is 5.65. The fourth-order valence-electron chi connectivity index (χ4n) is 2.33. The van der Waals surface area contributed by atoms with Crippen LogP contribution in [0, 0.1) is 6.92 Å². The van der Waals surface area contributed by atoms with Gasteiger partial charge in [0.15, 0.2) is 0 Å². The Kier molecular flexibility index (Phi) is 3.01. The van der Waals surface area contributed by atoms with E-state index in [2.05, 4.69) is 59.8 Å². The molecule has 0 bridgehead atoms. The van der Waals surface area contributed by atoms with E-state index in [9.17, 15) is 5.11 Å². The number of aliphatic hydroxyl groups excluding tert-OH is 1. The third-order valence-corrected chi connectivity index (χ3v) is 4.17. The molecule has 16 heavy (non-hydrogen) atoms. The SMILES string of the molecule is Cc1ccc(N2CCC(O)C2(C)C)c(Br)c1. The Hall–Kier alpha value is -0.540. The second-order valence-corrected chi connectivity index (χ2v) is 5.92. The van der Waals surface area contributed by atoms with Gasteiger partial charge in [-0.25, -0.2) is 0 Å². The third kappa shape index (κ3) is 1.87. The lowest BCUT2D eigenvalue weighted by molar-refractivity contribution is 0.127. The van der Waals surface area contributed by atoms with E-state index in [-0.39, 0.29) is 11.6 Å². The molecule has 1 aromatic carbocycles. The zero-order valence-corrected chi connectivity index (χ0v) is 11.6. The summed E-state index contributed by atoms with van der Waals surface area (Å²) in [4.78, 5) is 2.28. The van der Waals surface area contributed by atoms with Crippen LogP contribution >= 0.6 is 15.9 Å². The van der Waals surface area contributed by atoms with Crippen LogP contribution in [0.4, 0.5) is 5.69 Å². The Morgan fingerprint density at radius 2 is 2.12 bits per heavy atom. The molecule has 0 aromatic heterocycles. The maximum atomic E-state index is 9.98. The molecular weight excluding hydrogens is 266 g/mol. The van der Waals surface area contributed by atoms with Gasteiger partial charge in [-0.3, -0.25) is 0 Å². The van der Waals surface area contributed by atoms with Crippen molar-refractivity contribution in [2.45, 2.75) is 38.8 Å². The fraction of sp³-hybridized carbons (Fsp3) is 0.538. The molecule has 0 saturated carbocycles. The summed E-state index contributed by atoms with van der Waals surface area (Å²) in [6, 6.07) is 6.36. The average Bonchev–Trinajstić information content (AvgIpc) is 2.44. The number of hydrogen-bond acceptors (Lipinski definition) is 2. The van der Waals surface area contributed by atoms with E-state index in [1.54, 1.807) is 0 Å². The van der Waals surface area contributed by atoms with Crippen molar-refractivity contribution >= 4 is 21.6 Å². The van der Waals surface area contributed by atoms with Crippen molar-refractivity contribution in [2.24, 2.45) is 0 Å². The molecule has 1 atom stereocenters.